The van der Waals surface area contributed by atoms with Crippen LogP contribution in [0.25, 0.3) is 0 Å². The van der Waals surface area contributed by atoms with Crippen LogP contribution < -0.4 is 15.4 Å². The molecule has 1 atom stereocenters. The fourth-order valence-electron chi connectivity index (χ4n) is 1.98. The summed E-state index contributed by atoms with van der Waals surface area (Å²) in [5, 5.41) is 6.09. The van der Waals surface area contributed by atoms with E-state index in [0.717, 1.165) is 17.1 Å². The predicted molar refractivity (Wildman–Crippen MR) is 76.1 cm³/mol. The summed E-state index contributed by atoms with van der Waals surface area (Å²) < 4.78 is 10.6. The molecule has 0 bridgehead atoms. The van der Waals surface area contributed by atoms with Gasteiger partial charge < -0.3 is 19.8 Å². The summed E-state index contributed by atoms with van der Waals surface area (Å²) in [5.41, 5.74) is 1.08. The van der Waals surface area contributed by atoms with Gasteiger partial charge in [0.05, 0.1) is 13.2 Å². The lowest BCUT2D eigenvalue weighted by molar-refractivity contribution is 0.379. The number of rotatable bonds is 5. The molecule has 0 saturated carbocycles. The van der Waals surface area contributed by atoms with E-state index in [1.807, 2.05) is 26.8 Å². The number of methoxy groups -OCH3 is 1. The van der Waals surface area contributed by atoms with Crippen LogP contribution in [-0.4, -0.2) is 29.1 Å². The van der Waals surface area contributed by atoms with Crippen LogP contribution in [0.3, 0.4) is 0 Å². The second-order valence-electron chi connectivity index (χ2n) is 4.45. The van der Waals surface area contributed by atoms with Crippen molar-refractivity contribution in [3.8, 4) is 6.01 Å². The lowest BCUT2D eigenvalue weighted by Crippen LogP contribution is -2.12. The smallest absolute Gasteiger partial charge is 0.322 e. The minimum Gasteiger partial charge on any atom is -0.467 e. The zero-order valence-corrected chi connectivity index (χ0v) is 12.3. The van der Waals surface area contributed by atoms with Gasteiger partial charge in [-0.3, -0.25) is 0 Å². The van der Waals surface area contributed by atoms with Gasteiger partial charge in [-0.25, -0.2) is 0 Å². The zero-order chi connectivity index (χ0) is 14.7. The number of aryl methyl sites for hydroxylation is 2. The van der Waals surface area contributed by atoms with Crippen molar-refractivity contribution in [2.45, 2.75) is 26.8 Å². The Morgan fingerprint density at radius 3 is 2.45 bits per heavy atom. The Labute approximate surface area is 117 Å². The summed E-state index contributed by atoms with van der Waals surface area (Å²) in [5.74, 6) is 2.67. The van der Waals surface area contributed by atoms with Gasteiger partial charge in [0.2, 0.25) is 11.9 Å². The molecular weight excluding hydrogens is 258 g/mol. The van der Waals surface area contributed by atoms with Gasteiger partial charge in [0.1, 0.15) is 11.5 Å². The van der Waals surface area contributed by atoms with Gasteiger partial charge in [-0.05, 0) is 26.8 Å². The Morgan fingerprint density at radius 1 is 1.20 bits per heavy atom. The van der Waals surface area contributed by atoms with Gasteiger partial charge in [-0.1, -0.05) is 0 Å². The quantitative estimate of drug-likeness (QED) is 0.867. The van der Waals surface area contributed by atoms with Gasteiger partial charge in [-0.2, -0.15) is 15.0 Å². The molecule has 2 rings (SSSR count). The Hall–Kier alpha value is -2.31. The lowest BCUT2D eigenvalue weighted by Gasteiger charge is -2.14. The van der Waals surface area contributed by atoms with Gasteiger partial charge in [0.25, 0.3) is 0 Å². The highest BCUT2D eigenvalue weighted by atomic mass is 16.5. The van der Waals surface area contributed by atoms with Crippen LogP contribution in [0.4, 0.5) is 11.9 Å². The molecule has 0 spiro atoms. The van der Waals surface area contributed by atoms with Crippen molar-refractivity contribution in [2.75, 3.05) is 24.8 Å². The molecule has 0 aliphatic rings. The van der Waals surface area contributed by atoms with Crippen LogP contribution >= 0.6 is 0 Å². The second-order valence-corrected chi connectivity index (χ2v) is 4.45. The molecule has 7 heteroatoms. The minimum absolute atomic E-state index is 0.0178. The molecule has 0 amide bonds. The molecule has 20 heavy (non-hydrogen) atoms. The highest BCUT2D eigenvalue weighted by Crippen LogP contribution is 2.24. The lowest BCUT2D eigenvalue weighted by atomic mass is 10.1. The third-order valence-corrected chi connectivity index (χ3v) is 2.91. The van der Waals surface area contributed by atoms with E-state index in [1.165, 1.54) is 7.11 Å². The molecule has 0 aliphatic carbocycles. The number of nitrogens with zero attached hydrogens (tertiary/aromatic N) is 3. The largest absolute Gasteiger partial charge is 0.467 e. The Bertz CT molecular complexity index is 574. The highest BCUT2D eigenvalue weighted by molar-refractivity contribution is 5.38. The normalized spacial score (nSPS) is 12.1. The maximum atomic E-state index is 5.53. The molecule has 0 aliphatic heterocycles. The van der Waals surface area contributed by atoms with Crippen molar-refractivity contribution in [1.29, 1.82) is 0 Å². The third kappa shape index (κ3) is 2.98. The zero-order valence-electron chi connectivity index (χ0n) is 12.3. The molecular formula is C13H19N5O2. The van der Waals surface area contributed by atoms with Crippen molar-refractivity contribution in [3.63, 3.8) is 0 Å². The number of hydrogen-bond donors (Lipinski definition) is 2. The van der Waals surface area contributed by atoms with Crippen molar-refractivity contribution < 1.29 is 9.15 Å². The number of aromatic nitrogens is 3. The molecule has 0 fully saturated rings. The standard InChI is InChI=1S/C13H19N5O2/c1-7-6-10(9(3)20-7)8(2)15-12-16-11(14-4)17-13(18-12)19-5/h6,8H,1-5H3,(H2,14,15,16,17,18). The van der Waals surface area contributed by atoms with Gasteiger partial charge in [0.15, 0.2) is 0 Å². The van der Waals surface area contributed by atoms with E-state index in [0.29, 0.717) is 11.9 Å². The van der Waals surface area contributed by atoms with Crippen molar-refractivity contribution >= 4 is 11.9 Å². The first kappa shape index (κ1) is 14.1. The van der Waals surface area contributed by atoms with E-state index in [-0.39, 0.29) is 12.1 Å². The van der Waals surface area contributed by atoms with Gasteiger partial charge in [0, 0.05) is 12.6 Å². The average Bonchev–Trinajstić information content (AvgIpc) is 2.77. The molecule has 0 aromatic carbocycles. The maximum absolute atomic E-state index is 5.53. The summed E-state index contributed by atoms with van der Waals surface area (Å²) >= 11 is 0. The monoisotopic (exact) mass is 277 g/mol. The fourth-order valence-corrected chi connectivity index (χ4v) is 1.98. The second kappa shape index (κ2) is 5.77. The van der Waals surface area contributed by atoms with Crippen molar-refractivity contribution in [2.24, 2.45) is 0 Å². The summed E-state index contributed by atoms with van der Waals surface area (Å²) in [4.78, 5) is 12.5. The van der Waals surface area contributed by atoms with Gasteiger partial charge >= 0.3 is 6.01 Å². The van der Waals surface area contributed by atoms with Crippen LogP contribution in [0.2, 0.25) is 0 Å². The fraction of sp³-hybridized carbons (Fsp3) is 0.462. The van der Waals surface area contributed by atoms with Crippen LogP contribution in [0.1, 0.15) is 30.0 Å². The van der Waals surface area contributed by atoms with E-state index < -0.39 is 0 Å². The van der Waals surface area contributed by atoms with Crippen LogP contribution in [0.15, 0.2) is 10.5 Å². The molecule has 0 radical (unpaired) electrons. The Morgan fingerprint density at radius 2 is 1.90 bits per heavy atom. The van der Waals surface area contributed by atoms with E-state index in [4.69, 9.17) is 9.15 Å². The molecule has 1 unspecified atom stereocenters. The van der Waals surface area contributed by atoms with E-state index in [1.54, 1.807) is 7.05 Å². The van der Waals surface area contributed by atoms with Crippen molar-refractivity contribution in [3.05, 3.63) is 23.2 Å². The molecule has 2 heterocycles. The minimum atomic E-state index is 0.0178. The molecule has 108 valence electrons. The summed E-state index contributed by atoms with van der Waals surface area (Å²) in [7, 11) is 3.26. The van der Waals surface area contributed by atoms with Crippen LogP contribution in [0, 0.1) is 13.8 Å². The number of ether oxygens (including phenoxy) is 1. The average molecular weight is 277 g/mol. The number of hydrogen-bond acceptors (Lipinski definition) is 7. The third-order valence-electron chi connectivity index (χ3n) is 2.91. The summed E-state index contributed by atoms with van der Waals surface area (Å²) in [6.45, 7) is 5.88. The number of anilines is 2. The topological polar surface area (TPSA) is 85.1 Å². The molecule has 7 nitrogen and oxygen atoms in total. The van der Waals surface area contributed by atoms with Crippen LogP contribution in [-0.2, 0) is 0 Å². The van der Waals surface area contributed by atoms with Crippen LogP contribution in [0.5, 0.6) is 6.01 Å². The van der Waals surface area contributed by atoms with Crippen molar-refractivity contribution in [1.82, 2.24) is 15.0 Å². The maximum Gasteiger partial charge on any atom is 0.322 e. The predicted octanol–water partition coefficient (Wildman–Crippen LogP) is 2.30. The first-order chi connectivity index (χ1) is 9.53. The highest BCUT2D eigenvalue weighted by Gasteiger charge is 2.15. The SMILES string of the molecule is CNc1nc(NC(C)c2cc(C)oc2C)nc(OC)n1. The van der Waals surface area contributed by atoms with E-state index >= 15 is 0 Å². The Balaban J connectivity index is 2.22. The summed E-state index contributed by atoms with van der Waals surface area (Å²) in [6, 6.07) is 2.29. The van der Waals surface area contributed by atoms with Gasteiger partial charge in [-0.15, -0.1) is 0 Å². The number of nitrogens with one attached hydrogen (secondary N) is 2. The molecule has 2 aromatic rings. The summed E-state index contributed by atoms with van der Waals surface area (Å²) in [6.07, 6.45) is 0. The Kier molecular flexibility index (Phi) is 4.07. The molecule has 2 aromatic heterocycles. The molecule has 0 saturated heterocycles. The first-order valence-corrected chi connectivity index (χ1v) is 6.34. The molecule has 2 N–H and O–H groups in total. The van der Waals surface area contributed by atoms with E-state index in [2.05, 4.69) is 25.6 Å². The first-order valence-electron chi connectivity index (χ1n) is 6.34. The van der Waals surface area contributed by atoms with E-state index in [9.17, 15) is 0 Å². The number of furan rings is 1.